The third-order valence-electron chi connectivity index (χ3n) is 2.37. The van der Waals surface area contributed by atoms with Crippen LogP contribution in [0, 0.1) is 6.92 Å². The van der Waals surface area contributed by atoms with Crippen LogP contribution < -0.4 is 10.5 Å². The number of nitrogens with two attached hydrogens (primary N) is 1. The van der Waals surface area contributed by atoms with Gasteiger partial charge in [0.05, 0.1) is 6.10 Å². The van der Waals surface area contributed by atoms with Crippen LogP contribution in [-0.2, 0) is 0 Å². The fourth-order valence-electron chi connectivity index (χ4n) is 1.54. The molecule has 0 aliphatic carbocycles. The van der Waals surface area contributed by atoms with Crippen molar-refractivity contribution in [2.24, 2.45) is 5.73 Å². The van der Waals surface area contributed by atoms with E-state index < -0.39 is 0 Å². The third-order valence-corrected chi connectivity index (χ3v) is 2.37. The highest BCUT2D eigenvalue weighted by atomic mass is 16.5. The molecule has 2 N–H and O–H groups in total. The van der Waals surface area contributed by atoms with E-state index in [-0.39, 0.29) is 12.1 Å². The molecule has 0 aromatic heterocycles. The average Bonchev–Trinajstić information content (AvgIpc) is 2.19. The summed E-state index contributed by atoms with van der Waals surface area (Å²) in [5.74, 6) is 0.921. The zero-order valence-corrected chi connectivity index (χ0v) is 10.1. The van der Waals surface area contributed by atoms with Gasteiger partial charge in [-0.1, -0.05) is 24.6 Å². The third kappa shape index (κ3) is 3.24. The number of rotatable bonds is 4. The molecule has 0 aliphatic heterocycles. The van der Waals surface area contributed by atoms with Crippen LogP contribution in [0.4, 0.5) is 0 Å². The molecular formula is C13H21NO. The van der Waals surface area contributed by atoms with Crippen molar-refractivity contribution in [1.29, 1.82) is 0 Å². The summed E-state index contributed by atoms with van der Waals surface area (Å²) in [6.07, 6.45) is 1.12. The largest absolute Gasteiger partial charge is 0.491 e. The summed E-state index contributed by atoms with van der Waals surface area (Å²) in [5.41, 5.74) is 8.40. The number of aryl methyl sites for hydroxylation is 1. The lowest BCUT2D eigenvalue weighted by Gasteiger charge is -2.18. The Morgan fingerprint density at radius 3 is 2.53 bits per heavy atom. The van der Waals surface area contributed by atoms with Crippen molar-refractivity contribution in [3.8, 4) is 5.75 Å². The summed E-state index contributed by atoms with van der Waals surface area (Å²) in [7, 11) is 0. The molecule has 0 amide bonds. The van der Waals surface area contributed by atoms with Crippen LogP contribution in [0.15, 0.2) is 18.2 Å². The normalized spacial score (nSPS) is 12.9. The molecule has 1 rings (SSSR count). The van der Waals surface area contributed by atoms with E-state index in [4.69, 9.17) is 10.5 Å². The molecule has 1 unspecified atom stereocenters. The number of benzene rings is 1. The van der Waals surface area contributed by atoms with E-state index in [9.17, 15) is 0 Å². The predicted molar refractivity (Wildman–Crippen MR) is 64.2 cm³/mol. The van der Waals surface area contributed by atoms with Gasteiger partial charge in [-0.25, -0.2) is 0 Å². The second-order valence-electron chi connectivity index (χ2n) is 4.22. The molecule has 2 nitrogen and oxygen atoms in total. The summed E-state index contributed by atoms with van der Waals surface area (Å²) in [6, 6.07) is 6.26. The highest BCUT2D eigenvalue weighted by Crippen LogP contribution is 2.27. The van der Waals surface area contributed by atoms with Gasteiger partial charge >= 0.3 is 0 Å². The quantitative estimate of drug-likeness (QED) is 0.823. The van der Waals surface area contributed by atoms with Crippen LogP contribution in [0.2, 0.25) is 0 Å². The van der Waals surface area contributed by atoms with Crippen LogP contribution in [0.25, 0.3) is 0 Å². The first kappa shape index (κ1) is 12.1. The molecule has 0 spiro atoms. The summed E-state index contributed by atoms with van der Waals surface area (Å²) in [5, 5.41) is 0. The van der Waals surface area contributed by atoms with Crippen LogP contribution >= 0.6 is 0 Å². The summed E-state index contributed by atoms with van der Waals surface area (Å²) in [6.45, 7) is 8.22. The van der Waals surface area contributed by atoms with E-state index in [1.165, 1.54) is 5.56 Å². The molecule has 0 fully saturated rings. The lowest BCUT2D eigenvalue weighted by molar-refractivity contribution is 0.238. The Morgan fingerprint density at radius 1 is 1.33 bits per heavy atom. The molecule has 0 aliphatic rings. The van der Waals surface area contributed by atoms with Crippen molar-refractivity contribution < 1.29 is 4.74 Å². The second kappa shape index (κ2) is 5.17. The van der Waals surface area contributed by atoms with Gasteiger partial charge in [-0.15, -0.1) is 0 Å². The van der Waals surface area contributed by atoms with Gasteiger partial charge in [-0.3, -0.25) is 0 Å². The molecule has 0 bridgehead atoms. The fraction of sp³-hybridized carbons (Fsp3) is 0.538. The van der Waals surface area contributed by atoms with Crippen LogP contribution in [-0.4, -0.2) is 6.10 Å². The molecule has 0 saturated heterocycles. The summed E-state index contributed by atoms with van der Waals surface area (Å²) in [4.78, 5) is 0. The van der Waals surface area contributed by atoms with E-state index in [1.54, 1.807) is 0 Å². The lowest BCUT2D eigenvalue weighted by Crippen LogP contribution is -2.14. The van der Waals surface area contributed by atoms with Crippen molar-refractivity contribution in [2.45, 2.75) is 46.3 Å². The maximum absolute atomic E-state index is 6.06. The number of hydrogen-bond donors (Lipinski definition) is 1. The van der Waals surface area contributed by atoms with Crippen LogP contribution in [0.5, 0.6) is 5.75 Å². The molecule has 2 heteroatoms. The minimum Gasteiger partial charge on any atom is -0.491 e. The summed E-state index contributed by atoms with van der Waals surface area (Å²) >= 11 is 0. The Hall–Kier alpha value is -1.02. The Kier molecular flexibility index (Phi) is 4.15. The Labute approximate surface area is 92.4 Å². The van der Waals surface area contributed by atoms with E-state index in [2.05, 4.69) is 26.0 Å². The molecule has 1 aromatic carbocycles. The van der Waals surface area contributed by atoms with Gasteiger partial charge in [-0.2, -0.15) is 0 Å². The van der Waals surface area contributed by atoms with Gasteiger partial charge in [0.15, 0.2) is 0 Å². The summed E-state index contributed by atoms with van der Waals surface area (Å²) < 4.78 is 5.74. The second-order valence-corrected chi connectivity index (χ2v) is 4.22. The molecule has 0 saturated carbocycles. The van der Waals surface area contributed by atoms with Crippen molar-refractivity contribution in [1.82, 2.24) is 0 Å². The molecule has 84 valence electrons. The molecule has 0 radical (unpaired) electrons. The van der Waals surface area contributed by atoms with Crippen LogP contribution in [0.3, 0.4) is 0 Å². The molecule has 1 atom stereocenters. The maximum atomic E-state index is 6.06. The van der Waals surface area contributed by atoms with Gasteiger partial charge in [0.25, 0.3) is 0 Å². The average molecular weight is 207 g/mol. The van der Waals surface area contributed by atoms with Gasteiger partial charge in [0.1, 0.15) is 5.75 Å². The molecule has 1 aromatic rings. The first-order chi connectivity index (χ1) is 7.04. The predicted octanol–water partition coefficient (Wildman–Crippen LogP) is 3.19. The maximum Gasteiger partial charge on any atom is 0.124 e. The van der Waals surface area contributed by atoms with E-state index >= 15 is 0 Å². The zero-order chi connectivity index (χ0) is 11.4. The Morgan fingerprint density at radius 2 is 2.00 bits per heavy atom. The Balaban J connectivity index is 3.02. The monoisotopic (exact) mass is 207 g/mol. The number of hydrogen-bond acceptors (Lipinski definition) is 2. The molecule has 0 heterocycles. The van der Waals surface area contributed by atoms with Gasteiger partial charge in [-0.05, 0) is 33.3 Å². The first-order valence-electron chi connectivity index (χ1n) is 5.57. The SMILES string of the molecule is CCC(N)c1cc(C)ccc1OC(C)C. The molecule has 15 heavy (non-hydrogen) atoms. The fourth-order valence-corrected chi connectivity index (χ4v) is 1.54. The van der Waals surface area contributed by atoms with E-state index in [1.807, 2.05) is 19.9 Å². The van der Waals surface area contributed by atoms with Gasteiger partial charge in [0, 0.05) is 11.6 Å². The van der Waals surface area contributed by atoms with Gasteiger partial charge < -0.3 is 10.5 Å². The smallest absolute Gasteiger partial charge is 0.124 e. The van der Waals surface area contributed by atoms with Crippen LogP contribution in [0.1, 0.15) is 44.4 Å². The van der Waals surface area contributed by atoms with Crippen molar-refractivity contribution in [3.05, 3.63) is 29.3 Å². The minimum atomic E-state index is 0.0682. The Bertz CT molecular complexity index is 320. The first-order valence-corrected chi connectivity index (χ1v) is 5.57. The van der Waals surface area contributed by atoms with Gasteiger partial charge in [0.2, 0.25) is 0 Å². The topological polar surface area (TPSA) is 35.2 Å². The van der Waals surface area contributed by atoms with E-state index in [0.717, 1.165) is 17.7 Å². The zero-order valence-electron chi connectivity index (χ0n) is 10.1. The lowest BCUT2D eigenvalue weighted by atomic mass is 10.0. The van der Waals surface area contributed by atoms with Crippen molar-refractivity contribution >= 4 is 0 Å². The van der Waals surface area contributed by atoms with E-state index in [0.29, 0.717) is 0 Å². The molecular weight excluding hydrogens is 186 g/mol. The highest BCUT2D eigenvalue weighted by Gasteiger charge is 2.11. The van der Waals surface area contributed by atoms with Crippen molar-refractivity contribution in [3.63, 3.8) is 0 Å². The highest BCUT2D eigenvalue weighted by molar-refractivity contribution is 5.39. The number of ether oxygens (including phenoxy) is 1. The van der Waals surface area contributed by atoms with Crippen molar-refractivity contribution in [2.75, 3.05) is 0 Å². The standard InChI is InChI=1S/C13H21NO/c1-5-12(14)11-8-10(4)6-7-13(11)15-9(2)3/h6-9,12H,5,14H2,1-4H3. The minimum absolute atomic E-state index is 0.0682.